The van der Waals surface area contributed by atoms with Crippen LogP contribution in [0.1, 0.15) is 6.92 Å². The molecule has 0 fully saturated rings. The molecule has 1 aromatic carbocycles. The Labute approximate surface area is 126 Å². The van der Waals surface area contributed by atoms with E-state index in [1.54, 1.807) is 0 Å². The molecular weight excluding hydrogens is 325 g/mol. The van der Waals surface area contributed by atoms with E-state index < -0.39 is 21.1 Å². The molecular formula is C12H13Cl2NO4S. The summed E-state index contributed by atoms with van der Waals surface area (Å²) in [4.78, 5) is 11.4. The molecule has 0 aliphatic carbocycles. The first kappa shape index (κ1) is 16.8. The molecule has 0 saturated carbocycles. The molecule has 0 aromatic heterocycles. The number of nitrogens with one attached hydrogen (secondary N) is 1. The van der Waals surface area contributed by atoms with Gasteiger partial charge in [0.15, 0.2) is 6.10 Å². The Hall–Kier alpha value is -1.24. The summed E-state index contributed by atoms with van der Waals surface area (Å²) >= 11 is 5.72. The number of ether oxygens (including phenoxy) is 1. The minimum absolute atomic E-state index is 0.0364. The van der Waals surface area contributed by atoms with E-state index in [4.69, 9.17) is 27.0 Å². The summed E-state index contributed by atoms with van der Waals surface area (Å²) in [5.74, 6) is -0.441. The Balaban J connectivity index is 2.98. The number of carbonyl (C=O) groups excluding carboxylic acids is 1. The first-order valence-corrected chi connectivity index (χ1v) is 8.24. The van der Waals surface area contributed by atoms with Crippen LogP contribution in [0.15, 0.2) is 35.7 Å². The van der Waals surface area contributed by atoms with Crippen molar-refractivity contribution >= 4 is 37.2 Å². The van der Waals surface area contributed by atoms with Gasteiger partial charge in [0.25, 0.3) is 15.0 Å². The fourth-order valence-electron chi connectivity index (χ4n) is 1.33. The van der Waals surface area contributed by atoms with Gasteiger partial charge in [0.05, 0.1) is 0 Å². The second kappa shape index (κ2) is 6.97. The SMILES string of the molecule is C=CCNC(=O)C(C)Oc1ccc(Cl)cc1S(=O)(=O)Cl. The number of hydrogen-bond acceptors (Lipinski definition) is 4. The fraction of sp³-hybridized carbons (Fsp3) is 0.250. The van der Waals surface area contributed by atoms with Crippen molar-refractivity contribution in [1.29, 1.82) is 0 Å². The number of hydrogen-bond donors (Lipinski definition) is 1. The Kier molecular flexibility index (Phi) is 5.86. The molecule has 0 aliphatic heterocycles. The van der Waals surface area contributed by atoms with Gasteiger partial charge in [-0.15, -0.1) is 6.58 Å². The lowest BCUT2D eigenvalue weighted by Gasteiger charge is -2.16. The summed E-state index contributed by atoms with van der Waals surface area (Å²) in [5.41, 5.74) is 0. The molecule has 0 spiro atoms. The Morgan fingerprint density at radius 2 is 2.20 bits per heavy atom. The van der Waals surface area contributed by atoms with E-state index in [1.807, 2.05) is 0 Å². The van der Waals surface area contributed by atoms with Crippen molar-refractivity contribution in [2.45, 2.75) is 17.9 Å². The van der Waals surface area contributed by atoms with Crippen LogP contribution in [0.3, 0.4) is 0 Å². The largest absolute Gasteiger partial charge is 0.479 e. The third-order valence-corrected chi connectivity index (χ3v) is 3.84. The van der Waals surface area contributed by atoms with Crippen LogP contribution in [-0.4, -0.2) is 27.0 Å². The van der Waals surface area contributed by atoms with Crippen molar-refractivity contribution in [3.05, 3.63) is 35.9 Å². The van der Waals surface area contributed by atoms with Crippen LogP contribution >= 0.6 is 22.3 Å². The zero-order valence-corrected chi connectivity index (χ0v) is 12.9. The highest BCUT2D eigenvalue weighted by Gasteiger charge is 2.21. The van der Waals surface area contributed by atoms with Crippen LogP contribution in [0.25, 0.3) is 0 Å². The van der Waals surface area contributed by atoms with Gasteiger partial charge in [-0.3, -0.25) is 4.79 Å². The minimum Gasteiger partial charge on any atom is -0.479 e. The van der Waals surface area contributed by atoms with Crippen molar-refractivity contribution in [3.63, 3.8) is 0 Å². The van der Waals surface area contributed by atoms with E-state index in [0.717, 1.165) is 6.07 Å². The van der Waals surface area contributed by atoms with Gasteiger partial charge in [-0.2, -0.15) is 0 Å². The van der Waals surface area contributed by atoms with E-state index in [1.165, 1.54) is 25.1 Å². The summed E-state index contributed by atoms with van der Waals surface area (Å²) in [6, 6.07) is 3.94. The lowest BCUT2D eigenvalue weighted by molar-refractivity contribution is -0.127. The van der Waals surface area contributed by atoms with E-state index in [0.29, 0.717) is 0 Å². The first-order valence-electron chi connectivity index (χ1n) is 5.55. The van der Waals surface area contributed by atoms with Crippen molar-refractivity contribution < 1.29 is 17.9 Å². The van der Waals surface area contributed by atoms with Crippen LogP contribution in [0, 0.1) is 0 Å². The van der Waals surface area contributed by atoms with Gasteiger partial charge in [-0.25, -0.2) is 8.42 Å². The summed E-state index contributed by atoms with van der Waals surface area (Å²) in [7, 11) is 1.27. The molecule has 1 unspecified atom stereocenters. The predicted octanol–water partition coefficient (Wildman–Crippen LogP) is 2.34. The van der Waals surface area contributed by atoms with Crippen molar-refractivity contribution in [2.75, 3.05) is 6.54 Å². The van der Waals surface area contributed by atoms with E-state index >= 15 is 0 Å². The molecule has 1 rings (SSSR count). The van der Waals surface area contributed by atoms with Crippen LogP contribution in [0.2, 0.25) is 5.02 Å². The highest BCUT2D eigenvalue weighted by Crippen LogP contribution is 2.30. The Bertz CT molecular complexity index is 616. The highest BCUT2D eigenvalue weighted by molar-refractivity contribution is 8.13. The van der Waals surface area contributed by atoms with E-state index in [2.05, 4.69) is 11.9 Å². The molecule has 110 valence electrons. The number of halogens is 2. The summed E-state index contributed by atoms with van der Waals surface area (Å²) in [6.45, 7) is 5.23. The van der Waals surface area contributed by atoms with Crippen molar-refractivity contribution in [2.24, 2.45) is 0 Å². The van der Waals surface area contributed by atoms with Crippen molar-refractivity contribution in [3.8, 4) is 5.75 Å². The maximum Gasteiger partial charge on any atom is 0.265 e. The maximum absolute atomic E-state index is 11.6. The molecule has 8 heteroatoms. The molecule has 1 N–H and O–H groups in total. The molecule has 20 heavy (non-hydrogen) atoms. The topological polar surface area (TPSA) is 72.5 Å². The molecule has 0 saturated heterocycles. The number of amides is 1. The third-order valence-electron chi connectivity index (χ3n) is 2.26. The molecule has 1 atom stereocenters. The number of carbonyl (C=O) groups is 1. The molecule has 1 aromatic rings. The van der Waals surface area contributed by atoms with E-state index in [9.17, 15) is 13.2 Å². The van der Waals surface area contributed by atoms with Crippen LogP contribution < -0.4 is 10.1 Å². The molecule has 0 aliphatic rings. The van der Waals surface area contributed by atoms with Gasteiger partial charge < -0.3 is 10.1 Å². The second-order valence-electron chi connectivity index (χ2n) is 3.82. The monoisotopic (exact) mass is 337 g/mol. The standard InChI is InChI=1S/C12H13Cl2NO4S/c1-3-6-15-12(16)8(2)19-10-5-4-9(13)7-11(10)20(14,17)18/h3-5,7-8H,1,6H2,2H3,(H,15,16). The van der Waals surface area contributed by atoms with Gasteiger partial charge in [0.2, 0.25) is 0 Å². The van der Waals surface area contributed by atoms with Crippen LogP contribution in [-0.2, 0) is 13.8 Å². The van der Waals surface area contributed by atoms with Gasteiger partial charge in [-0.1, -0.05) is 17.7 Å². The van der Waals surface area contributed by atoms with Crippen molar-refractivity contribution in [1.82, 2.24) is 5.32 Å². The molecule has 1 amide bonds. The quantitative estimate of drug-likeness (QED) is 0.638. The zero-order chi connectivity index (χ0) is 15.3. The normalized spacial score (nSPS) is 12.6. The fourth-order valence-corrected chi connectivity index (χ4v) is 2.55. The van der Waals surface area contributed by atoms with Crippen LogP contribution in [0.4, 0.5) is 0 Å². The zero-order valence-electron chi connectivity index (χ0n) is 10.6. The molecule has 0 radical (unpaired) electrons. The summed E-state index contributed by atoms with van der Waals surface area (Å²) in [6.07, 6.45) is 0.620. The maximum atomic E-state index is 11.6. The van der Waals surface area contributed by atoms with Gasteiger partial charge >= 0.3 is 0 Å². The Morgan fingerprint density at radius 3 is 2.75 bits per heavy atom. The average Bonchev–Trinajstić information content (AvgIpc) is 2.36. The minimum atomic E-state index is -4.03. The van der Waals surface area contributed by atoms with Gasteiger partial charge in [0, 0.05) is 22.2 Å². The Morgan fingerprint density at radius 1 is 1.55 bits per heavy atom. The summed E-state index contributed by atoms with van der Waals surface area (Å²) < 4.78 is 28.2. The first-order chi connectivity index (χ1) is 9.25. The molecule has 5 nitrogen and oxygen atoms in total. The van der Waals surface area contributed by atoms with Gasteiger partial charge in [0.1, 0.15) is 10.6 Å². The summed E-state index contributed by atoms with van der Waals surface area (Å²) in [5, 5.41) is 2.73. The third kappa shape index (κ3) is 4.70. The van der Waals surface area contributed by atoms with Gasteiger partial charge in [-0.05, 0) is 25.1 Å². The molecule has 0 heterocycles. The lowest BCUT2D eigenvalue weighted by atomic mass is 10.3. The van der Waals surface area contributed by atoms with E-state index in [-0.39, 0.29) is 22.2 Å². The predicted molar refractivity (Wildman–Crippen MR) is 77.8 cm³/mol. The average molecular weight is 338 g/mol. The lowest BCUT2D eigenvalue weighted by Crippen LogP contribution is -2.36. The highest BCUT2D eigenvalue weighted by atomic mass is 35.7. The second-order valence-corrected chi connectivity index (χ2v) is 6.79. The molecule has 0 bridgehead atoms. The number of benzene rings is 1. The number of rotatable bonds is 6. The van der Waals surface area contributed by atoms with Crippen LogP contribution in [0.5, 0.6) is 5.75 Å². The smallest absolute Gasteiger partial charge is 0.265 e.